The molecule has 0 radical (unpaired) electrons. The standard InChI is InChI=1S/C6H6N2O3S/c1-3-4(5(10)11)8-6(12-3)7-2-9/h2H,1H3,(H,10,11)(H,7,8,9). The largest absolute Gasteiger partial charge is 0.476 e. The molecule has 0 spiro atoms. The number of anilines is 1. The zero-order chi connectivity index (χ0) is 9.14. The van der Waals surface area contributed by atoms with Crippen molar-refractivity contribution < 1.29 is 14.7 Å². The first-order valence-corrected chi connectivity index (χ1v) is 3.87. The molecule has 0 bridgehead atoms. The Kier molecular flexibility index (Phi) is 2.39. The zero-order valence-corrected chi connectivity index (χ0v) is 7.01. The molecule has 0 fully saturated rings. The molecular weight excluding hydrogens is 180 g/mol. The highest BCUT2D eigenvalue weighted by Gasteiger charge is 2.13. The molecule has 1 rings (SSSR count). The molecule has 0 saturated heterocycles. The van der Waals surface area contributed by atoms with Gasteiger partial charge in [-0.15, -0.1) is 11.3 Å². The van der Waals surface area contributed by atoms with E-state index in [1.807, 2.05) is 0 Å². The van der Waals surface area contributed by atoms with Crippen LogP contribution in [0.1, 0.15) is 15.4 Å². The number of carbonyl (C=O) groups excluding carboxylic acids is 1. The number of carboxylic acids is 1. The second-order valence-electron chi connectivity index (χ2n) is 1.99. The van der Waals surface area contributed by atoms with E-state index >= 15 is 0 Å². The predicted molar refractivity (Wildman–Crippen MR) is 43.5 cm³/mol. The molecule has 12 heavy (non-hydrogen) atoms. The van der Waals surface area contributed by atoms with E-state index in [1.165, 1.54) is 0 Å². The number of aryl methyl sites for hydroxylation is 1. The Bertz CT molecular complexity index is 321. The van der Waals surface area contributed by atoms with Gasteiger partial charge in [-0.3, -0.25) is 4.79 Å². The summed E-state index contributed by atoms with van der Waals surface area (Å²) >= 11 is 1.13. The van der Waals surface area contributed by atoms with Crippen molar-refractivity contribution >= 4 is 28.8 Å². The molecule has 1 heterocycles. The van der Waals surface area contributed by atoms with Crippen LogP contribution >= 0.6 is 11.3 Å². The van der Waals surface area contributed by atoms with Crippen molar-refractivity contribution in [1.29, 1.82) is 0 Å². The number of rotatable bonds is 3. The molecule has 0 atom stereocenters. The third-order valence-electron chi connectivity index (χ3n) is 1.18. The highest BCUT2D eigenvalue weighted by atomic mass is 32.1. The van der Waals surface area contributed by atoms with Crippen molar-refractivity contribution in [3.05, 3.63) is 10.6 Å². The molecule has 1 amide bonds. The number of aromatic carboxylic acids is 1. The molecule has 5 nitrogen and oxygen atoms in total. The van der Waals surface area contributed by atoms with Gasteiger partial charge in [0, 0.05) is 4.88 Å². The van der Waals surface area contributed by atoms with Gasteiger partial charge in [-0.2, -0.15) is 0 Å². The second kappa shape index (κ2) is 3.31. The van der Waals surface area contributed by atoms with Crippen LogP contribution in [-0.2, 0) is 4.79 Å². The lowest BCUT2D eigenvalue weighted by atomic mass is 10.4. The highest BCUT2D eigenvalue weighted by molar-refractivity contribution is 7.16. The molecule has 1 aromatic rings. The molecule has 0 unspecified atom stereocenters. The summed E-state index contributed by atoms with van der Waals surface area (Å²) in [6.07, 6.45) is 0.462. The Morgan fingerprint density at radius 2 is 2.42 bits per heavy atom. The maximum Gasteiger partial charge on any atom is 0.355 e. The van der Waals surface area contributed by atoms with Crippen molar-refractivity contribution in [1.82, 2.24) is 4.98 Å². The van der Waals surface area contributed by atoms with Gasteiger partial charge in [0.15, 0.2) is 10.8 Å². The van der Waals surface area contributed by atoms with Gasteiger partial charge in [0.1, 0.15) is 0 Å². The molecule has 0 saturated carbocycles. The number of carboxylic acid groups (broad SMARTS) is 1. The maximum atomic E-state index is 10.5. The van der Waals surface area contributed by atoms with Crippen LogP contribution in [0.4, 0.5) is 5.13 Å². The summed E-state index contributed by atoms with van der Waals surface area (Å²) in [5, 5.41) is 11.2. The minimum atomic E-state index is -1.08. The smallest absolute Gasteiger partial charge is 0.355 e. The number of nitrogens with zero attached hydrogens (tertiary/aromatic N) is 1. The van der Waals surface area contributed by atoms with E-state index in [-0.39, 0.29) is 5.69 Å². The van der Waals surface area contributed by atoms with Gasteiger partial charge in [-0.25, -0.2) is 9.78 Å². The van der Waals surface area contributed by atoms with E-state index in [0.717, 1.165) is 11.3 Å². The number of nitrogens with one attached hydrogen (secondary N) is 1. The molecular formula is C6H6N2O3S. The number of thiazole rings is 1. The van der Waals surface area contributed by atoms with Crippen LogP contribution < -0.4 is 5.32 Å². The summed E-state index contributed by atoms with van der Waals surface area (Å²) in [7, 11) is 0. The Balaban J connectivity index is 2.99. The van der Waals surface area contributed by atoms with Gasteiger partial charge in [0.25, 0.3) is 0 Å². The lowest BCUT2D eigenvalue weighted by Crippen LogP contribution is -1.99. The average Bonchev–Trinajstić information content (AvgIpc) is 2.32. The van der Waals surface area contributed by atoms with E-state index in [0.29, 0.717) is 16.4 Å². The third kappa shape index (κ3) is 1.59. The molecule has 0 aliphatic heterocycles. The second-order valence-corrected chi connectivity index (χ2v) is 3.19. The number of aromatic nitrogens is 1. The van der Waals surface area contributed by atoms with E-state index in [4.69, 9.17) is 5.11 Å². The Morgan fingerprint density at radius 3 is 2.83 bits per heavy atom. The molecule has 6 heteroatoms. The summed E-state index contributed by atoms with van der Waals surface area (Å²) in [5.41, 5.74) is -0.00986. The fraction of sp³-hybridized carbons (Fsp3) is 0.167. The zero-order valence-electron chi connectivity index (χ0n) is 6.20. The number of amides is 1. The Morgan fingerprint density at radius 1 is 1.75 bits per heavy atom. The molecule has 64 valence electrons. The van der Waals surface area contributed by atoms with Crippen molar-refractivity contribution in [2.24, 2.45) is 0 Å². The molecule has 0 aliphatic rings. The molecule has 0 aromatic carbocycles. The van der Waals surface area contributed by atoms with Gasteiger partial charge in [-0.1, -0.05) is 0 Å². The van der Waals surface area contributed by atoms with Crippen LogP contribution in [0.2, 0.25) is 0 Å². The molecule has 1 aromatic heterocycles. The lowest BCUT2D eigenvalue weighted by molar-refractivity contribution is -0.105. The quantitative estimate of drug-likeness (QED) is 0.681. The van der Waals surface area contributed by atoms with Crippen molar-refractivity contribution in [2.45, 2.75) is 6.92 Å². The average molecular weight is 186 g/mol. The van der Waals surface area contributed by atoms with Crippen molar-refractivity contribution in [3.63, 3.8) is 0 Å². The SMILES string of the molecule is Cc1sc(NC=O)nc1C(=O)O. The van der Waals surface area contributed by atoms with Crippen LogP contribution in [0.25, 0.3) is 0 Å². The predicted octanol–water partition coefficient (Wildman–Crippen LogP) is 0.718. The minimum Gasteiger partial charge on any atom is -0.476 e. The number of hydrogen-bond acceptors (Lipinski definition) is 4. The minimum absolute atomic E-state index is 0.00986. The highest BCUT2D eigenvalue weighted by Crippen LogP contribution is 2.20. The van der Waals surface area contributed by atoms with Gasteiger partial charge < -0.3 is 10.4 Å². The van der Waals surface area contributed by atoms with E-state index in [9.17, 15) is 9.59 Å². The monoisotopic (exact) mass is 186 g/mol. The summed E-state index contributed by atoms with van der Waals surface area (Å²) < 4.78 is 0. The number of hydrogen-bond donors (Lipinski definition) is 2. The van der Waals surface area contributed by atoms with Gasteiger partial charge in [0.05, 0.1) is 0 Å². The first-order valence-electron chi connectivity index (χ1n) is 3.06. The summed E-state index contributed by atoms with van der Waals surface area (Å²) in [4.78, 5) is 24.7. The van der Waals surface area contributed by atoms with Crippen LogP contribution in [0.5, 0.6) is 0 Å². The van der Waals surface area contributed by atoms with Crippen molar-refractivity contribution in [2.75, 3.05) is 5.32 Å². The third-order valence-corrected chi connectivity index (χ3v) is 2.08. The van der Waals surface area contributed by atoms with Crippen LogP contribution in [0, 0.1) is 6.92 Å². The van der Waals surface area contributed by atoms with E-state index in [1.54, 1.807) is 6.92 Å². The first kappa shape index (κ1) is 8.66. The normalized spacial score (nSPS) is 9.42. The van der Waals surface area contributed by atoms with Gasteiger partial charge in [-0.05, 0) is 6.92 Å². The Labute approximate surface area is 72.1 Å². The molecule has 0 aliphatic carbocycles. The van der Waals surface area contributed by atoms with Crippen LogP contribution in [-0.4, -0.2) is 22.5 Å². The van der Waals surface area contributed by atoms with Crippen molar-refractivity contribution in [3.8, 4) is 0 Å². The fourth-order valence-electron chi connectivity index (χ4n) is 0.707. The summed E-state index contributed by atoms with van der Waals surface area (Å²) in [6.45, 7) is 1.64. The van der Waals surface area contributed by atoms with E-state index in [2.05, 4.69) is 10.3 Å². The number of carbonyl (C=O) groups is 2. The van der Waals surface area contributed by atoms with Crippen LogP contribution in [0.3, 0.4) is 0 Å². The lowest BCUT2D eigenvalue weighted by Gasteiger charge is -1.86. The van der Waals surface area contributed by atoms with Crippen LogP contribution in [0.15, 0.2) is 0 Å². The molecule has 2 N–H and O–H groups in total. The van der Waals surface area contributed by atoms with E-state index < -0.39 is 5.97 Å². The fourth-order valence-corrected chi connectivity index (χ4v) is 1.47. The summed E-state index contributed by atoms with van der Waals surface area (Å²) in [6, 6.07) is 0. The Hall–Kier alpha value is -1.43. The first-order chi connectivity index (χ1) is 5.65. The summed E-state index contributed by atoms with van der Waals surface area (Å²) in [5.74, 6) is -1.08. The maximum absolute atomic E-state index is 10.5. The topological polar surface area (TPSA) is 79.3 Å². The van der Waals surface area contributed by atoms with Gasteiger partial charge in [0.2, 0.25) is 6.41 Å². The van der Waals surface area contributed by atoms with Gasteiger partial charge >= 0.3 is 5.97 Å².